The van der Waals surface area contributed by atoms with E-state index in [9.17, 15) is 0 Å². The van der Waals surface area contributed by atoms with E-state index in [1.165, 1.54) is 5.56 Å². The molecule has 0 aliphatic heterocycles. The van der Waals surface area contributed by atoms with E-state index in [0.717, 1.165) is 10.7 Å². The third-order valence-electron chi connectivity index (χ3n) is 2.32. The average molecular weight is 286 g/mol. The van der Waals surface area contributed by atoms with E-state index in [1.54, 1.807) is 18.0 Å². The van der Waals surface area contributed by atoms with Crippen molar-refractivity contribution in [3.63, 3.8) is 0 Å². The van der Waals surface area contributed by atoms with Crippen LogP contribution in [0.1, 0.15) is 5.56 Å². The van der Waals surface area contributed by atoms with Crippen LogP contribution in [-0.2, 0) is 0 Å². The fraction of sp³-hybridized carbons (Fsp3) is 0.0667. The fourth-order valence-electron chi connectivity index (χ4n) is 1.37. The van der Waals surface area contributed by atoms with Crippen LogP contribution >= 0.6 is 24.4 Å². The minimum Gasteiger partial charge on any atom is -0.250 e. The maximum Gasteiger partial charge on any atom is 0.100 e. The number of thioether (sulfide) groups is 1. The molecule has 0 spiro atoms. The highest BCUT2D eigenvalue weighted by atomic mass is 32.2. The van der Waals surface area contributed by atoms with Crippen LogP contribution in [0.15, 0.2) is 70.2 Å². The van der Waals surface area contributed by atoms with Crippen molar-refractivity contribution in [2.45, 2.75) is 11.9 Å². The number of pyridine rings is 1. The summed E-state index contributed by atoms with van der Waals surface area (Å²) in [6.45, 7) is 2.05. The normalized spacial score (nSPS) is 12.0. The minimum absolute atomic E-state index is 0.673. The molecule has 1 aromatic carbocycles. The van der Waals surface area contributed by atoms with Gasteiger partial charge >= 0.3 is 0 Å². The number of aromatic nitrogens is 1. The van der Waals surface area contributed by atoms with Gasteiger partial charge in [0.15, 0.2) is 0 Å². The molecule has 0 radical (unpaired) electrons. The second kappa shape index (κ2) is 7.16. The molecule has 2 aromatic rings. The van der Waals surface area contributed by atoms with Gasteiger partial charge in [0.1, 0.15) is 5.03 Å². The lowest BCUT2D eigenvalue weighted by Crippen LogP contribution is -1.79. The van der Waals surface area contributed by atoms with Crippen LogP contribution in [-0.4, -0.2) is 10.0 Å². The molecule has 2 nitrogen and oxygen atoms in total. The highest BCUT2D eigenvalue weighted by Crippen LogP contribution is 2.17. The molecular formula is C15H14N2S2. The van der Waals surface area contributed by atoms with Gasteiger partial charge in [-0.2, -0.15) is 0 Å². The Bertz CT molecular complexity index is 575. The molecule has 0 saturated heterocycles. The molecule has 0 bridgehead atoms. The summed E-state index contributed by atoms with van der Waals surface area (Å²) in [5.41, 5.74) is 2.13. The molecule has 0 atom stereocenters. The van der Waals surface area contributed by atoms with Crippen LogP contribution in [0.4, 0.5) is 5.69 Å². The third kappa shape index (κ3) is 4.93. The van der Waals surface area contributed by atoms with Gasteiger partial charge in [-0.05, 0) is 42.7 Å². The lowest BCUT2D eigenvalue weighted by molar-refractivity contribution is 1.14. The topological polar surface area (TPSA) is 25.2 Å². The van der Waals surface area contributed by atoms with E-state index in [0.29, 0.717) is 5.04 Å². The smallest absolute Gasteiger partial charge is 0.100 e. The number of rotatable bonds is 4. The Morgan fingerprint density at radius 2 is 2.00 bits per heavy atom. The summed E-state index contributed by atoms with van der Waals surface area (Å²) in [5.74, 6) is 0. The van der Waals surface area contributed by atoms with E-state index < -0.39 is 0 Å². The SMILES string of the molecule is Cc1ccc(N=C(S)C=CSc2ccccn2)cc1. The quantitative estimate of drug-likeness (QED) is 0.383. The molecule has 1 aromatic heterocycles. The van der Waals surface area contributed by atoms with Crippen LogP contribution < -0.4 is 0 Å². The van der Waals surface area contributed by atoms with Gasteiger partial charge in [0, 0.05) is 6.20 Å². The van der Waals surface area contributed by atoms with Crippen LogP contribution in [0.5, 0.6) is 0 Å². The number of aliphatic imine (C=N–C) groups is 1. The zero-order chi connectivity index (χ0) is 13.5. The molecule has 1 heterocycles. The Balaban J connectivity index is 1.96. The van der Waals surface area contributed by atoms with Gasteiger partial charge in [0.25, 0.3) is 0 Å². The first kappa shape index (κ1) is 13.9. The van der Waals surface area contributed by atoms with Crippen molar-refractivity contribution in [1.82, 2.24) is 4.98 Å². The van der Waals surface area contributed by atoms with Gasteiger partial charge in [0.2, 0.25) is 0 Å². The Morgan fingerprint density at radius 3 is 2.68 bits per heavy atom. The van der Waals surface area contributed by atoms with Gasteiger partial charge in [-0.3, -0.25) is 0 Å². The summed E-state index contributed by atoms with van der Waals surface area (Å²) in [6.07, 6.45) is 3.64. The number of nitrogens with zero attached hydrogens (tertiary/aromatic N) is 2. The summed E-state index contributed by atoms with van der Waals surface area (Å²) < 4.78 is 0. The summed E-state index contributed by atoms with van der Waals surface area (Å²) >= 11 is 5.88. The molecule has 4 heteroatoms. The molecule has 2 rings (SSSR count). The number of hydrogen-bond acceptors (Lipinski definition) is 3. The van der Waals surface area contributed by atoms with E-state index in [1.807, 2.05) is 53.9 Å². The second-order valence-corrected chi connectivity index (χ2v) is 5.28. The monoisotopic (exact) mass is 286 g/mol. The fourth-order valence-corrected chi connectivity index (χ4v) is 2.28. The summed E-state index contributed by atoms with van der Waals surface area (Å²) in [5, 5.41) is 3.56. The number of benzene rings is 1. The summed E-state index contributed by atoms with van der Waals surface area (Å²) in [7, 11) is 0. The lowest BCUT2D eigenvalue weighted by atomic mass is 10.2. The molecule has 0 N–H and O–H groups in total. The Kier molecular flexibility index (Phi) is 5.24. The maximum atomic E-state index is 4.39. The van der Waals surface area contributed by atoms with Crippen LogP contribution in [0.3, 0.4) is 0 Å². The van der Waals surface area contributed by atoms with Crippen molar-refractivity contribution >= 4 is 35.1 Å². The van der Waals surface area contributed by atoms with Crippen molar-refractivity contribution in [2.75, 3.05) is 0 Å². The first-order chi connectivity index (χ1) is 9.24. The largest absolute Gasteiger partial charge is 0.250 e. The van der Waals surface area contributed by atoms with Gasteiger partial charge < -0.3 is 0 Å². The molecule has 0 unspecified atom stereocenters. The molecule has 0 fully saturated rings. The van der Waals surface area contributed by atoms with Gasteiger partial charge in [-0.1, -0.05) is 35.5 Å². The average Bonchev–Trinajstić information content (AvgIpc) is 2.43. The van der Waals surface area contributed by atoms with Crippen molar-refractivity contribution in [3.05, 3.63) is 65.7 Å². The van der Waals surface area contributed by atoms with E-state index in [2.05, 4.69) is 29.5 Å². The number of aryl methyl sites for hydroxylation is 1. The second-order valence-electron chi connectivity index (χ2n) is 3.89. The predicted octanol–water partition coefficient (Wildman–Crippen LogP) is 4.66. The Labute approximate surface area is 123 Å². The lowest BCUT2D eigenvalue weighted by Gasteiger charge is -1.96. The zero-order valence-corrected chi connectivity index (χ0v) is 12.2. The Hall–Kier alpha value is -1.52. The number of hydrogen-bond donors (Lipinski definition) is 1. The molecule has 96 valence electrons. The molecule has 0 amide bonds. The third-order valence-corrected chi connectivity index (χ3v) is 3.33. The van der Waals surface area contributed by atoms with Crippen molar-refractivity contribution in [1.29, 1.82) is 0 Å². The van der Waals surface area contributed by atoms with Crippen molar-refractivity contribution in [2.24, 2.45) is 4.99 Å². The molecular weight excluding hydrogens is 272 g/mol. The van der Waals surface area contributed by atoms with E-state index >= 15 is 0 Å². The van der Waals surface area contributed by atoms with Crippen LogP contribution in [0.2, 0.25) is 0 Å². The van der Waals surface area contributed by atoms with Crippen molar-refractivity contribution in [3.8, 4) is 0 Å². The van der Waals surface area contributed by atoms with E-state index in [4.69, 9.17) is 0 Å². The molecule has 0 saturated carbocycles. The Morgan fingerprint density at radius 1 is 1.21 bits per heavy atom. The minimum atomic E-state index is 0.673. The molecule has 19 heavy (non-hydrogen) atoms. The van der Waals surface area contributed by atoms with Gasteiger partial charge in [0.05, 0.1) is 10.7 Å². The summed E-state index contributed by atoms with van der Waals surface area (Å²) in [6, 6.07) is 13.8. The first-order valence-corrected chi connectivity index (χ1v) is 7.15. The van der Waals surface area contributed by atoms with Crippen LogP contribution in [0, 0.1) is 6.92 Å². The predicted molar refractivity (Wildman–Crippen MR) is 86.5 cm³/mol. The zero-order valence-electron chi connectivity index (χ0n) is 10.5. The highest BCUT2D eigenvalue weighted by Gasteiger charge is 1.92. The first-order valence-electron chi connectivity index (χ1n) is 5.82. The van der Waals surface area contributed by atoms with Gasteiger partial charge in [-0.25, -0.2) is 9.98 Å². The van der Waals surface area contributed by atoms with Crippen molar-refractivity contribution < 1.29 is 0 Å². The molecule has 0 aliphatic rings. The molecule has 0 aliphatic carbocycles. The van der Waals surface area contributed by atoms with Gasteiger partial charge in [-0.15, -0.1) is 12.6 Å². The standard InChI is InChI=1S/C15H14N2S2/c1-12-5-7-13(8-6-12)17-14(18)9-11-19-15-4-2-3-10-16-15/h2-11H,1H3,(H,17,18). The van der Waals surface area contributed by atoms with E-state index in [-0.39, 0.29) is 0 Å². The highest BCUT2D eigenvalue weighted by molar-refractivity contribution is 8.02. The maximum absolute atomic E-state index is 4.39. The summed E-state index contributed by atoms with van der Waals surface area (Å²) in [4.78, 5) is 8.61. The number of thiol groups is 1. The van der Waals surface area contributed by atoms with Crippen LogP contribution in [0.25, 0.3) is 0 Å².